The number of fused-ring (bicyclic) bond motifs is 1. The maximum Gasteiger partial charge on any atom is 0.276 e. The minimum atomic E-state index is -0.301. The summed E-state index contributed by atoms with van der Waals surface area (Å²) in [6.07, 6.45) is 2.45. The van der Waals surface area contributed by atoms with Crippen LogP contribution < -0.4 is 10.9 Å². The van der Waals surface area contributed by atoms with Gasteiger partial charge < -0.3 is 5.32 Å². The van der Waals surface area contributed by atoms with E-state index in [4.69, 9.17) is 0 Å². The topological polar surface area (TPSA) is 67.2 Å². The van der Waals surface area contributed by atoms with Crippen molar-refractivity contribution in [1.29, 1.82) is 0 Å². The number of hydrogen-bond donors (Lipinski definition) is 1. The molecule has 6 heteroatoms. The first kappa shape index (κ1) is 19.3. The van der Waals surface area contributed by atoms with E-state index in [0.717, 1.165) is 30.9 Å². The van der Waals surface area contributed by atoms with E-state index >= 15 is 0 Å². The van der Waals surface area contributed by atoms with Gasteiger partial charge in [-0.1, -0.05) is 36.4 Å². The van der Waals surface area contributed by atoms with Crippen LogP contribution in [0.4, 0.5) is 5.69 Å². The van der Waals surface area contributed by atoms with Crippen LogP contribution >= 0.6 is 0 Å². The van der Waals surface area contributed by atoms with Gasteiger partial charge in [0.15, 0.2) is 5.69 Å². The third-order valence-electron chi connectivity index (χ3n) is 5.39. The van der Waals surface area contributed by atoms with E-state index in [9.17, 15) is 9.59 Å². The number of para-hydroxylation sites is 1. The number of amides is 1. The number of rotatable bonds is 5. The van der Waals surface area contributed by atoms with Gasteiger partial charge in [0.1, 0.15) is 0 Å². The van der Waals surface area contributed by atoms with E-state index in [-0.39, 0.29) is 23.2 Å². The lowest BCUT2D eigenvalue weighted by Crippen LogP contribution is -2.29. The van der Waals surface area contributed by atoms with Gasteiger partial charge >= 0.3 is 0 Å². The molecular weight excluding hydrogens is 364 g/mol. The van der Waals surface area contributed by atoms with Crippen LogP contribution in [0.3, 0.4) is 0 Å². The quantitative estimate of drug-likeness (QED) is 0.719. The summed E-state index contributed by atoms with van der Waals surface area (Å²) in [7, 11) is 0. The Balaban J connectivity index is 1.70. The molecule has 29 heavy (non-hydrogen) atoms. The summed E-state index contributed by atoms with van der Waals surface area (Å²) in [6.45, 7) is 6.77. The van der Waals surface area contributed by atoms with Gasteiger partial charge in [-0.3, -0.25) is 14.5 Å². The van der Waals surface area contributed by atoms with Gasteiger partial charge in [0.05, 0.1) is 11.4 Å². The largest absolute Gasteiger partial charge is 0.320 e. The highest BCUT2D eigenvalue weighted by Gasteiger charge is 2.19. The third kappa shape index (κ3) is 3.93. The predicted molar refractivity (Wildman–Crippen MR) is 115 cm³/mol. The first-order valence-corrected chi connectivity index (χ1v) is 10.2. The molecule has 0 aliphatic carbocycles. The number of nitrogens with zero attached hydrogens (tertiary/aromatic N) is 3. The number of aromatic nitrogens is 2. The van der Waals surface area contributed by atoms with Crippen molar-refractivity contribution in [1.82, 2.24) is 14.7 Å². The van der Waals surface area contributed by atoms with Gasteiger partial charge in [0.25, 0.3) is 11.5 Å². The molecule has 1 saturated heterocycles. The van der Waals surface area contributed by atoms with Gasteiger partial charge in [-0.25, -0.2) is 4.68 Å². The van der Waals surface area contributed by atoms with Gasteiger partial charge in [-0.2, -0.15) is 5.10 Å². The molecule has 6 nitrogen and oxygen atoms in total. The number of nitrogens with one attached hydrogen (secondary N) is 1. The average Bonchev–Trinajstić information content (AvgIpc) is 3.23. The summed E-state index contributed by atoms with van der Waals surface area (Å²) >= 11 is 0. The molecule has 150 valence electrons. The van der Waals surface area contributed by atoms with Gasteiger partial charge in [-0.05, 0) is 57.5 Å². The van der Waals surface area contributed by atoms with Crippen molar-refractivity contribution >= 4 is 22.4 Å². The molecule has 1 fully saturated rings. The van der Waals surface area contributed by atoms with Gasteiger partial charge in [0.2, 0.25) is 0 Å². The molecule has 1 aliphatic rings. The zero-order valence-electron chi connectivity index (χ0n) is 16.9. The average molecular weight is 390 g/mol. The van der Waals surface area contributed by atoms with Crippen LogP contribution in [0.5, 0.6) is 0 Å². The van der Waals surface area contributed by atoms with Gasteiger partial charge in [0, 0.05) is 17.6 Å². The molecule has 0 radical (unpaired) electrons. The molecule has 1 N–H and O–H groups in total. The molecule has 0 unspecified atom stereocenters. The second-order valence-electron chi connectivity index (χ2n) is 7.83. The summed E-state index contributed by atoms with van der Waals surface area (Å²) in [6, 6.07) is 14.9. The molecule has 1 aromatic heterocycles. The summed E-state index contributed by atoms with van der Waals surface area (Å²) in [5, 5.41) is 8.53. The second kappa shape index (κ2) is 8.17. The van der Waals surface area contributed by atoms with E-state index < -0.39 is 0 Å². The molecule has 3 aromatic rings. The highest BCUT2D eigenvalue weighted by atomic mass is 16.2. The maximum atomic E-state index is 13.2. The molecule has 0 spiro atoms. The van der Waals surface area contributed by atoms with Crippen LogP contribution in [0, 0.1) is 0 Å². The molecule has 0 bridgehead atoms. The number of carbonyl (C=O) groups is 1. The lowest BCUT2D eigenvalue weighted by Gasteiger charge is -2.18. The van der Waals surface area contributed by atoms with Crippen LogP contribution in [0.2, 0.25) is 0 Å². The first-order chi connectivity index (χ1) is 14.0. The molecule has 4 rings (SSSR count). The minimum absolute atomic E-state index is 0.138. The Morgan fingerprint density at radius 2 is 1.69 bits per heavy atom. The zero-order valence-corrected chi connectivity index (χ0v) is 16.9. The Bertz CT molecular complexity index is 1100. The fourth-order valence-electron chi connectivity index (χ4n) is 3.87. The van der Waals surface area contributed by atoms with E-state index in [2.05, 4.69) is 21.4 Å². The number of likely N-dealkylation sites (tertiary alicyclic amines) is 1. The van der Waals surface area contributed by atoms with Crippen molar-refractivity contribution in [2.24, 2.45) is 0 Å². The summed E-state index contributed by atoms with van der Waals surface area (Å²) in [4.78, 5) is 28.3. The summed E-state index contributed by atoms with van der Waals surface area (Å²) in [5.41, 5.74) is 1.97. The molecule has 1 aliphatic heterocycles. The minimum Gasteiger partial charge on any atom is -0.320 e. The Hall–Kier alpha value is -2.99. The van der Waals surface area contributed by atoms with Crippen LogP contribution in [0.15, 0.2) is 53.3 Å². The molecule has 0 atom stereocenters. The summed E-state index contributed by atoms with van der Waals surface area (Å²) < 4.78 is 1.38. The molecule has 0 saturated carbocycles. The summed E-state index contributed by atoms with van der Waals surface area (Å²) in [5.74, 6) is -0.301. The predicted octanol–water partition coefficient (Wildman–Crippen LogP) is 3.83. The highest BCUT2D eigenvalue weighted by molar-refractivity contribution is 6.11. The van der Waals surface area contributed by atoms with Crippen molar-refractivity contribution < 1.29 is 4.79 Å². The van der Waals surface area contributed by atoms with Crippen molar-refractivity contribution in [2.75, 3.05) is 18.4 Å². The van der Waals surface area contributed by atoms with Crippen molar-refractivity contribution in [3.05, 3.63) is 70.1 Å². The molecule has 1 amide bonds. The fourth-order valence-corrected chi connectivity index (χ4v) is 3.87. The number of carbonyl (C=O) groups excluding carboxylic acids is 1. The van der Waals surface area contributed by atoms with Crippen LogP contribution in [0.1, 0.15) is 48.8 Å². The molecule has 2 heterocycles. The monoisotopic (exact) mass is 390 g/mol. The first-order valence-electron chi connectivity index (χ1n) is 10.2. The Labute approximate surface area is 170 Å². The van der Waals surface area contributed by atoms with E-state index in [1.807, 2.05) is 38.1 Å². The van der Waals surface area contributed by atoms with Crippen molar-refractivity contribution in [3.63, 3.8) is 0 Å². The number of benzene rings is 2. The van der Waals surface area contributed by atoms with Gasteiger partial charge in [-0.15, -0.1) is 0 Å². The van der Waals surface area contributed by atoms with Crippen molar-refractivity contribution in [3.8, 4) is 0 Å². The Kier molecular flexibility index (Phi) is 5.45. The Morgan fingerprint density at radius 1 is 1.03 bits per heavy atom. The fraction of sp³-hybridized carbons (Fsp3) is 0.348. The van der Waals surface area contributed by atoms with E-state index in [0.29, 0.717) is 10.8 Å². The normalized spacial score (nSPS) is 14.6. The highest BCUT2D eigenvalue weighted by Crippen LogP contribution is 2.22. The van der Waals surface area contributed by atoms with Crippen LogP contribution in [0.25, 0.3) is 10.8 Å². The zero-order chi connectivity index (χ0) is 20.4. The molecule has 2 aromatic carbocycles. The smallest absolute Gasteiger partial charge is 0.276 e. The standard InChI is InChI=1S/C23H26N4O2/c1-16(2)27-23(29)19-11-5-4-10-18(19)21(25-27)22(28)24-20-12-6-3-9-17(20)15-26-13-7-8-14-26/h3-6,9-12,16H,7-8,13-15H2,1-2H3,(H,24,28). The Morgan fingerprint density at radius 3 is 2.41 bits per heavy atom. The second-order valence-corrected chi connectivity index (χ2v) is 7.83. The molecular formula is C23H26N4O2. The van der Waals surface area contributed by atoms with Crippen molar-refractivity contribution in [2.45, 2.75) is 39.3 Å². The lowest BCUT2D eigenvalue weighted by molar-refractivity contribution is 0.102. The lowest BCUT2D eigenvalue weighted by atomic mass is 10.1. The van der Waals surface area contributed by atoms with Crippen LogP contribution in [-0.4, -0.2) is 33.7 Å². The SMILES string of the molecule is CC(C)n1nc(C(=O)Nc2ccccc2CN2CCCC2)c2ccccc2c1=O. The van der Waals surface area contributed by atoms with E-state index in [1.165, 1.54) is 17.5 Å². The number of anilines is 1. The van der Waals surface area contributed by atoms with E-state index in [1.54, 1.807) is 18.2 Å². The third-order valence-corrected chi connectivity index (χ3v) is 5.39. The van der Waals surface area contributed by atoms with Crippen LogP contribution in [-0.2, 0) is 6.54 Å². The maximum absolute atomic E-state index is 13.2. The number of hydrogen-bond acceptors (Lipinski definition) is 4.